The summed E-state index contributed by atoms with van der Waals surface area (Å²) in [6.45, 7) is 1.61. The molecule has 0 aliphatic heterocycles. The highest BCUT2D eigenvalue weighted by Crippen LogP contribution is 2.14. The number of halogens is 2. The van der Waals surface area contributed by atoms with Crippen molar-refractivity contribution in [2.24, 2.45) is 11.5 Å². The molecule has 0 aliphatic carbocycles. The van der Waals surface area contributed by atoms with Crippen LogP contribution in [0.15, 0.2) is 48.5 Å². The molecular weight excluding hydrogens is 359 g/mol. The van der Waals surface area contributed by atoms with Gasteiger partial charge in [0, 0.05) is 42.6 Å². The van der Waals surface area contributed by atoms with Crippen molar-refractivity contribution in [2.75, 3.05) is 30.4 Å². The van der Waals surface area contributed by atoms with Gasteiger partial charge in [0.05, 0.1) is 0 Å². The maximum absolute atomic E-state index is 7.39. The molecule has 8 heteroatoms. The Morgan fingerprint density at radius 3 is 1.76 bits per heavy atom. The highest BCUT2D eigenvalue weighted by atomic mass is 35.5. The first-order chi connectivity index (χ1) is 11.0. The number of anilines is 2. The zero-order chi connectivity index (χ0) is 16.8. The number of benzene rings is 2. The van der Waals surface area contributed by atoms with E-state index in [4.69, 9.17) is 22.3 Å². The lowest BCUT2D eigenvalue weighted by Crippen LogP contribution is -2.24. The normalized spacial score (nSPS) is 9.32. The van der Waals surface area contributed by atoms with Gasteiger partial charge in [0.2, 0.25) is 0 Å². The molecule has 0 bridgehead atoms. The van der Waals surface area contributed by atoms with E-state index in [1.165, 1.54) is 0 Å². The number of nitrogens with zero attached hydrogens (tertiary/aromatic N) is 1. The fourth-order valence-corrected chi connectivity index (χ4v) is 2.16. The Labute approximate surface area is 160 Å². The lowest BCUT2D eigenvalue weighted by atomic mass is 10.2. The summed E-state index contributed by atoms with van der Waals surface area (Å²) >= 11 is 0. The third-order valence-electron chi connectivity index (χ3n) is 3.59. The predicted molar refractivity (Wildman–Crippen MR) is 111 cm³/mol. The maximum atomic E-state index is 7.39. The molecule has 7 N–H and O–H groups in total. The quantitative estimate of drug-likeness (QED) is 0.373. The van der Waals surface area contributed by atoms with Crippen LogP contribution in [-0.2, 0) is 0 Å². The molecule has 2 rings (SSSR count). The number of hydrogen-bond donors (Lipinski definition) is 5. The molecule has 0 atom stereocenters. The van der Waals surface area contributed by atoms with Crippen LogP contribution < -0.4 is 21.7 Å². The van der Waals surface area contributed by atoms with Crippen molar-refractivity contribution in [1.29, 1.82) is 10.8 Å². The molecule has 0 amide bonds. The van der Waals surface area contributed by atoms with Crippen molar-refractivity contribution in [1.82, 2.24) is 0 Å². The minimum atomic E-state index is 0. The molecule has 0 saturated heterocycles. The van der Waals surface area contributed by atoms with Gasteiger partial charge in [0.1, 0.15) is 11.7 Å². The fraction of sp³-hybridized carbons (Fsp3) is 0.176. The lowest BCUT2D eigenvalue weighted by Gasteiger charge is -2.20. The molecule has 2 aromatic carbocycles. The van der Waals surface area contributed by atoms with Crippen molar-refractivity contribution in [3.8, 4) is 0 Å². The molecule has 0 heterocycles. The molecule has 0 radical (unpaired) electrons. The van der Waals surface area contributed by atoms with E-state index >= 15 is 0 Å². The third kappa shape index (κ3) is 6.52. The zero-order valence-electron chi connectivity index (χ0n) is 14.0. The SMILES string of the molecule is CN(CCNc1ccc(C(=N)N)cc1)c1ccc(C(=N)N)cc1.Cl.Cl. The number of likely N-dealkylation sites (N-methyl/N-ethyl adjacent to an activating group) is 1. The van der Waals surface area contributed by atoms with Gasteiger partial charge in [0.15, 0.2) is 0 Å². The van der Waals surface area contributed by atoms with E-state index in [1.807, 2.05) is 55.6 Å². The number of nitrogen functional groups attached to an aromatic ring is 2. The second kappa shape index (κ2) is 10.4. The molecule has 6 nitrogen and oxygen atoms in total. The lowest BCUT2D eigenvalue weighted by molar-refractivity contribution is 0.914. The number of amidine groups is 2. The smallest absolute Gasteiger partial charge is 0.122 e. The van der Waals surface area contributed by atoms with Crippen LogP contribution in [-0.4, -0.2) is 31.8 Å². The van der Waals surface area contributed by atoms with E-state index in [1.54, 1.807) is 0 Å². The Kier molecular flexibility index (Phi) is 9.41. The van der Waals surface area contributed by atoms with Crippen molar-refractivity contribution in [2.45, 2.75) is 0 Å². The van der Waals surface area contributed by atoms with E-state index < -0.39 is 0 Å². The van der Waals surface area contributed by atoms with Gasteiger partial charge in [-0.2, -0.15) is 0 Å². The summed E-state index contributed by atoms with van der Waals surface area (Å²) in [5.41, 5.74) is 14.4. The molecule has 25 heavy (non-hydrogen) atoms. The van der Waals surface area contributed by atoms with Gasteiger partial charge >= 0.3 is 0 Å². The van der Waals surface area contributed by atoms with Crippen molar-refractivity contribution in [3.63, 3.8) is 0 Å². The van der Waals surface area contributed by atoms with Crippen LogP contribution in [0.5, 0.6) is 0 Å². The summed E-state index contributed by atoms with van der Waals surface area (Å²) in [6.07, 6.45) is 0. The first-order valence-corrected chi connectivity index (χ1v) is 7.31. The van der Waals surface area contributed by atoms with Crippen molar-refractivity contribution in [3.05, 3.63) is 59.7 Å². The summed E-state index contributed by atoms with van der Waals surface area (Å²) in [6, 6.07) is 15.1. The Morgan fingerprint density at radius 2 is 1.32 bits per heavy atom. The monoisotopic (exact) mass is 382 g/mol. The number of nitrogens with one attached hydrogen (secondary N) is 3. The van der Waals surface area contributed by atoms with Gasteiger partial charge in [-0.1, -0.05) is 0 Å². The minimum Gasteiger partial charge on any atom is -0.384 e. The topological polar surface area (TPSA) is 115 Å². The fourth-order valence-electron chi connectivity index (χ4n) is 2.16. The second-order valence-electron chi connectivity index (χ2n) is 5.30. The Balaban J connectivity index is 0.00000288. The Bertz CT molecular complexity index is 685. The minimum absolute atomic E-state index is 0. The van der Waals surface area contributed by atoms with Crippen LogP contribution in [0.4, 0.5) is 11.4 Å². The van der Waals surface area contributed by atoms with E-state index in [2.05, 4.69) is 10.2 Å². The van der Waals surface area contributed by atoms with Gasteiger partial charge in [-0.25, -0.2) is 0 Å². The molecular formula is C17H24Cl2N6. The van der Waals surface area contributed by atoms with Crippen molar-refractivity contribution >= 4 is 47.9 Å². The van der Waals surface area contributed by atoms with Crippen molar-refractivity contribution < 1.29 is 0 Å². The average molecular weight is 383 g/mol. The Morgan fingerprint density at radius 1 is 0.880 bits per heavy atom. The summed E-state index contributed by atoms with van der Waals surface area (Å²) in [4.78, 5) is 2.13. The predicted octanol–water partition coefficient (Wildman–Crippen LogP) is 2.65. The molecule has 0 aromatic heterocycles. The molecule has 0 saturated carbocycles. The molecule has 0 fully saturated rings. The summed E-state index contributed by atoms with van der Waals surface area (Å²) in [7, 11) is 2.02. The third-order valence-corrected chi connectivity index (χ3v) is 3.59. The number of rotatable bonds is 7. The van der Waals surface area contributed by atoms with Crippen LogP contribution in [0, 0.1) is 10.8 Å². The van der Waals surface area contributed by atoms with Gasteiger partial charge < -0.3 is 21.7 Å². The van der Waals surface area contributed by atoms with Gasteiger partial charge in [-0.05, 0) is 48.5 Å². The van der Waals surface area contributed by atoms with Crippen LogP contribution in [0.1, 0.15) is 11.1 Å². The van der Waals surface area contributed by atoms with E-state index in [-0.39, 0.29) is 36.5 Å². The van der Waals surface area contributed by atoms with E-state index in [0.717, 1.165) is 35.6 Å². The van der Waals surface area contributed by atoms with Crippen LogP contribution in [0.25, 0.3) is 0 Å². The molecule has 0 aliphatic rings. The van der Waals surface area contributed by atoms with E-state index in [0.29, 0.717) is 0 Å². The highest BCUT2D eigenvalue weighted by Gasteiger charge is 2.02. The zero-order valence-corrected chi connectivity index (χ0v) is 15.6. The Hall–Kier alpha value is -2.44. The molecule has 0 spiro atoms. The molecule has 2 aromatic rings. The maximum Gasteiger partial charge on any atom is 0.122 e. The van der Waals surface area contributed by atoms with Crippen LogP contribution in [0.2, 0.25) is 0 Å². The largest absolute Gasteiger partial charge is 0.384 e. The summed E-state index contributed by atoms with van der Waals surface area (Å²) in [5, 5.41) is 18.1. The molecule has 0 unspecified atom stereocenters. The first-order valence-electron chi connectivity index (χ1n) is 7.31. The number of nitrogens with two attached hydrogens (primary N) is 2. The highest BCUT2D eigenvalue weighted by molar-refractivity contribution is 5.95. The summed E-state index contributed by atoms with van der Waals surface area (Å²) in [5.74, 6) is 0.153. The standard InChI is InChI=1S/C17H22N6.2ClH/c1-23(15-8-4-13(5-9-15)17(20)21)11-10-22-14-6-2-12(3-7-14)16(18)19;;/h2-9,22H,10-11H2,1H3,(H3,18,19)(H3,20,21);2*1H. The van der Waals surface area contributed by atoms with Gasteiger partial charge in [-0.3, -0.25) is 10.8 Å². The summed E-state index contributed by atoms with van der Waals surface area (Å²) < 4.78 is 0. The van der Waals surface area contributed by atoms with Crippen LogP contribution in [0.3, 0.4) is 0 Å². The average Bonchev–Trinajstić information content (AvgIpc) is 2.55. The van der Waals surface area contributed by atoms with Crippen LogP contribution >= 0.6 is 24.8 Å². The van der Waals surface area contributed by atoms with E-state index in [9.17, 15) is 0 Å². The number of hydrogen-bond acceptors (Lipinski definition) is 4. The first kappa shape index (κ1) is 22.6. The second-order valence-corrected chi connectivity index (χ2v) is 5.30. The van der Waals surface area contributed by atoms with Gasteiger partial charge in [0.25, 0.3) is 0 Å². The van der Waals surface area contributed by atoms with Gasteiger partial charge in [-0.15, -0.1) is 24.8 Å². The molecule has 136 valence electrons.